The zero-order valence-electron chi connectivity index (χ0n) is 13.3. The number of hydrogen-bond donors (Lipinski definition) is 1. The van der Waals surface area contributed by atoms with E-state index in [2.05, 4.69) is 5.32 Å². The van der Waals surface area contributed by atoms with Gasteiger partial charge in [-0.25, -0.2) is 0 Å². The topological polar surface area (TPSA) is 49.4 Å². The standard InChI is InChI=1S/C19H19ClN2O2/c20-15-6-3-5-14(13-15)10-11-18(23)21-16-7-1-2-8-17(16)22-12-4-9-19(22)24/h1-3,5-8,13H,4,9-12H2,(H,21,23). The molecule has 0 unspecified atom stereocenters. The minimum atomic E-state index is -0.0749. The van der Waals surface area contributed by atoms with Gasteiger partial charge in [0.1, 0.15) is 0 Å². The number of carbonyl (C=O) groups excluding carboxylic acids is 2. The average Bonchev–Trinajstić information content (AvgIpc) is 2.99. The highest BCUT2D eigenvalue weighted by Gasteiger charge is 2.24. The van der Waals surface area contributed by atoms with E-state index in [0.717, 1.165) is 17.7 Å². The summed E-state index contributed by atoms with van der Waals surface area (Å²) in [6.45, 7) is 0.703. The molecule has 1 heterocycles. The molecule has 1 saturated heterocycles. The SMILES string of the molecule is O=C(CCc1cccc(Cl)c1)Nc1ccccc1N1CCCC1=O. The van der Waals surface area contributed by atoms with Gasteiger partial charge in [-0.2, -0.15) is 0 Å². The van der Waals surface area contributed by atoms with Crippen LogP contribution in [-0.2, 0) is 16.0 Å². The van der Waals surface area contributed by atoms with Crippen molar-refractivity contribution in [3.63, 3.8) is 0 Å². The van der Waals surface area contributed by atoms with Crippen molar-refractivity contribution in [2.24, 2.45) is 0 Å². The second-order valence-corrected chi connectivity index (χ2v) is 6.28. The smallest absolute Gasteiger partial charge is 0.227 e. The molecular formula is C19H19ClN2O2. The number of hydrogen-bond acceptors (Lipinski definition) is 2. The van der Waals surface area contributed by atoms with Gasteiger partial charge in [0, 0.05) is 24.4 Å². The van der Waals surface area contributed by atoms with Crippen molar-refractivity contribution < 1.29 is 9.59 Å². The Morgan fingerprint density at radius 2 is 2.00 bits per heavy atom. The third-order valence-corrected chi connectivity index (χ3v) is 4.31. The highest BCUT2D eigenvalue weighted by molar-refractivity contribution is 6.30. The van der Waals surface area contributed by atoms with Crippen LogP contribution in [0.2, 0.25) is 5.02 Å². The van der Waals surface area contributed by atoms with Crippen LogP contribution >= 0.6 is 11.6 Å². The summed E-state index contributed by atoms with van der Waals surface area (Å²) in [6, 6.07) is 15.0. The molecule has 4 nitrogen and oxygen atoms in total. The maximum atomic E-state index is 12.3. The molecule has 3 rings (SSSR count). The molecule has 1 N–H and O–H groups in total. The third-order valence-electron chi connectivity index (χ3n) is 4.07. The van der Waals surface area contributed by atoms with Gasteiger partial charge in [-0.15, -0.1) is 0 Å². The first-order valence-electron chi connectivity index (χ1n) is 8.07. The van der Waals surface area contributed by atoms with Crippen LogP contribution in [0, 0.1) is 0 Å². The van der Waals surface area contributed by atoms with Gasteiger partial charge >= 0.3 is 0 Å². The van der Waals surface area contributed by atoms with Gasteiger partial charge in [0.15, 0.2) is 0 Å². The van der Waals surface area contributed by atoms with Crippen LogP contribution < -0.4 is 10.2 Å². The van der Waals surface area contributed by atoms with Gasteiger partial charge in [0.25, 0.3) is 0 Å². The Hall–Kier alpha value is -2.33. The number of anilines is 2. The van der Waals surface area contributed by atoms with E-state index in [1.807, 2.05) is 48.5 Å². The van der Waals surface area contributed by atoms with E-state index in [1.165, 1.54) is 0 Å². The van der Waals surface area contributed by atoms with E-state index in [9.17, 15) is 9.59 Å². The fraction of sp³-hybridized carbons (Fsp3) is 0.263. The first-order chi connectivity index (χ1) is 11.6. The molecule has 0 aliphatic carbocycles. The van der Waals surface area contributed by atoms with Crippen LogP contribution in [0.1, 0.15) is 24.8 Å². The average molecular weight is 343 g/mol. The predicted molar refractivity (Wildman–Crippen MR) is 96.4 cm³/mol. The fourth-order valence-electron chi connectivity index (χ4n) is 2.88. The van der Waals surface area contributed by atoms with Crippen LogP contribution in [0.25, 0.3) is 0 Å². The molecule has 124 valence electrons. The molecule has 5 heteroatoms. The zero-order chi connectivity index (χ0) is 16.9. The van der Waals surface area contributed by atoms with Crippen molar-refractivity contribution in [1.29, 1.82) is 0 Å². The largest absolute Gasteiger partial charge is 0.324 e. The van der Waals surface area contributed by atoms with Crippen molar-refractivity contribution in [3.8, 4) is 0 Å². The molecule has 2 aromatic carbocycles. The van der Waals surface area contributed by atoms with E-state index in [1.54, 1.807) is 4.90 Å². The normalized spacial score (nSPS) is 14.0. The van der Waals surface area contributed by atoms with Crippen LogP contribution in [0.3, 0.4) is 0 Å². The summed E-state index contributed by atoms with van der Waals surface area (Å²) in [6.07, 6.45) is 2.41. The summed E-state index contributed by atoms with van der Waals surface area (Å²) >= 11 is 5.96. The maximum absolute atomic E-state index is 12.3. The summed E-state index contributed by atoms with van der Waals surface area (Å²) in [5, 5.41) is 3.60. The fourth-order valence-corrected chi connectivity index (χ4v) is 3.09. The number of benzene rings is 2. The highest BCUT2D eigenvalue weighted by atomic mass is 35.5. The third kappa shape index (κ3) is 3.95. The molecule has 2 aromatic rings. The number of nitrogens with one attached hydrogen (secondary N) is 1. The first-order valence-corrected chi connectivity index (χ1v) is 8.45. The number of rotatable bonds is 5. The molecule has 0 radical (unpaired) electrons. The molecule has 24 heavy (non-hydrogen) atoms. The first kappa shape index (κ1) is 16.5. The lowest BCUT2D eigenvalue weighted by atomic mass is 10.1. The number of halogens is 1. The quantitative estimate of drug-likeness (QED) is 0.891. The number of amides is 2. The minimum absolute atomic E-state index is 0.0749. The lowest BCUT2D eigenvalue weighted by molar-refractivity contribution is -0.117. The predicted octanol–water partition coefficient (Wildman–Crippen LogP) is 4.04. The van der Waals surface area contributed by atoms with E-state index in [-0.39, 0.29) is 11.8 Å². The van der Waals surface area contributed by atoms with Crippen LogP contribution in [0.4, 0.5) is 11.4 Å². The molecule has 0 bridgehead atoms. The molecular weight excluding hydrogens is 324 g/mol. The van der Waals surface area contributed by atoms with Gasteiger partial charge in [0.05, 0.1) is 11.4 Å². The Morgan fingerprint density at radius 1 is 1.17 bits per heavy atom. The maximum Gasteiger partial charge on any atom is 0.227 e. The van der Waals surface area contributed by atoms with Gasteiger partial charge in [0.2, 0.25) is 11.8 Å². The molecule has 2 amide bonds. The van der Waals surface area contributed by atoms with Crippen LogP contribution in [0.15, 0.2) is 48.5 Å². The van der Waals surface area contributed by atoms with Crippen LogP contribution in [-0.4, -0.2) is 18.4 Å². The molecule has 1 aliphatic heterocycles. The van der Waals surface area contributed by atoms with Crippen molar-refractivity contribution in [2.75, 3.05) is 16.8 Å². The van der Waals surface area contributed by atoms with E-state index >= 15 is 0 Å². The molecule has 1 aliphatic rings. The lowest BCUT2D eigenvalue weighted by Gasteiger charge is -2.20. The molecule has 0 saturated carbocycles. The molecule has 0 aromatic heterocycles. The van der Waals surface area contributed by atoms with Gasteiger partial charge < -0.3 is 10.2 Å². The summed E-state index contributed by atoms with van der Waals surface area (Å²) in [4.78, 5) is 26.0. The highest BCUT2D eigenvalue weighted by Crippen LogP contribution is 2.29. The van der Waals surface area contributed by atoms with E-state index < -0.39 is 0 Å². The van der Waals surface area contributed by atoms with Crippen LogP contribution in [0.5, 0.6) is 0 Å². The summed E-state index contributed by atoms with van der Waals surface area (Å²) in [5.41, 5.74) is 2.49. The summed E-state index contributed by atoms with van der Waals surface area (Å²) in [5.74, 6) is 0.0321. The number of para-hydroxylation sites is 2. The Morgan fingerprint density at radius 3 is 2.75 bits per heavy atom. The molecule has 0 spiro atoms. The van der Waals surface area contributed by atoms with E-state index in [0.29, 0.717) is 36.5 Å². The van der Waals surface area contributed by atoms with Crippen molar-refractivity contribution in [2.45, 2.75) is 25.7 Å². The van der Waals surface area contributed by atoms with Crippen molar-refractivity contribution in [3.05, 3.63) is 59.1 Å². The van der Waals surface area contributed by atoms with Crippen molar-refractivity contribution >= 4 is 34.8 Å². The lowest BCUT2D eigenvalue weighted by Crippen LogP contribution is -2.25. The second kappa shape index (κ2) is 7.49. The number of aryl methyl sites for hydroxylation is 1. The molecule has 1 fully saturated rings. The Kier molecular flexibility index (Phi) is 5.16. The van der Waals surface area contributed by atoms with E-state index in [4.69, 9.17) is 11.6 Å². The Balaban J connectivity index is 1.65. The monoisotopic (exact) mass is 342 g/mol. The minimum Gasteiger partial charge on any atom is -0.324 e. The van der Waals surface area contributed by atoms with Gasteiger partial charge in [-0.1, -0.05) is 35.9 Å². The van der Waals surface area contributed by atoms with Gasteiger partial charge in [-0.3, -0.25) is 9.59 Å². The summed E-state index contributed by atoms with van der Waals surface area (Å²) in [7, 11) is 0. The van der Waals surface area contributed by atoms with Crippen molar-refractivity contribution in [1.82, 2.24) is 0 Å². The Labute approximate surface area is 146 Å². The number of carbonyl (C=O) groups is 2. The molecule has 0 atom stereocenters. The second-order valence-electron chi connectivity index (χ2n) is 5.84. The van der Waals surface area contributed by atoms with Gasteiger partial charge in [-0.05, 0) is 42.7 Å². The Bertz CT molecular complexity index is 761. The number of nitrogens with zero attached hydrogens (tertiary/aromatic N) is 1. The zero-order valence-corrected chi connectivity index (χ0v) is 14.1. The summed E-state index contributed by atoms with van der Waals surface area (Å²) < 4.78 is 0.